The molecule has 3 heterocycles. The summed E-state index contributed by atoms with van der Waals surface area (Å²) in [4.78, 5) is 48.7. The van der Waals surface area contributed by atoms with Crippen molar-refractivity contribution < 1.29 is 19.5 Å². The minimum Gasteiger partial charge on any atom is -0.394 e. The quantitative estimate of drug-likeness (QED) is 0.292. The molecule has 2 bridgehead atoms. The summed E-state index contributed by atoms with van der Waals surface area (Å²) in [5.41, 5.74) is 3.43. The molecule has 3 aliphatic rings. The summed E-state index contributed by atoms with van der Waals surface area (Å²) in [6, 6.07) is 13.9. The first-order chi connectivity index (χ1) is 20.1. The van der Waals surface area contributed by atoms with Crippen molar-refractivity contribution in [2.45, 2.75) is 54.1 Å². The van der Waals surface area contributed by atoms with Crippen LogP contribution in [0.3, 0.4) is 0 Å². The Bertz CT molecular complexity index is 1380. The van der Waals surface area contributed by atoms with E-state index in [1.54, 1.807) is 45.5 Å². The smallest absolute Gasteiger partial charge is 0.251 e. The lowest BCUT2D eigenvalue weighted by Crippen LogP contribution is -2.58. The zero-order valence-electron chi connectivity index (χ0n) is 24.3. The fourth-order valence-corrected chi connectivity index (χ4v) is 10.8. The SMILES string of the molecule is C=CCN(C(=O)[C@H]1[C@H]2C(=O)N([C@H](C)CO)C(C(=O)N(CC=C)c3c(C)cccc3C)C23CC(Br)[C@@H]1S3)c1ccccc1. The topological polar surface area (TPSA) is 81.2 Å². The molecular weight excluding hydrogens is 614 g/mol. The van der Waals surface area contributed by atoms with Crippen molar-refractivity contribution in [2.75, 3.05) is 29.5 Å². The van der Waals surface area contributed by atoms with Crippen LogP contribution < -0.4 is 9.80 Å². The van der Waals surface area contributed by atoms with Gasteiger partial charge in [-0.3, -0.25) is 14.4 Å². The van der Waals surface area contributed by atoms with Crippen LogP contribution in [0.5, 0.6) is 0 Å². The van der Waals surface area contributed by atoms with E-state index in [0.29, 0.717) is 13.0 Å². The third-order valence-corrected chi connectivity index (χ3v) is 12.1. The zero-order chi connectivity index (χ0) is 30.3. The van der Waals surface area contributed by atoms with Crippen LogP contribution in [0.25, 0.3) is 0 Å². The van der Waals surface area contributed by atoms with E-state index in [9.17, 15) is 19.5 Å². The molecule has 7 nitrogen and oxygen atoms in total. The molecule has 0 saturated carbocycles. The fraction of sp³-hybridized carbons (Fsp3) is 0.424. The Kier molecular flexibility index (Phi) is 8.75. The van der Waals surface area contributed by atoms with Crippen molar-refractivity contribution in [3.8, 4) is 0 Å². The van der Waals surface area contributed by atoms with Crippen LogP contribution in [0.1, 0.15) is 24.5 Å². The number of aryl methyl sites for hydroxylation is 2. The van der Waals surface area contributed by atoms with Crippen LogP contribution in [0.4, 0.5) is 11.4 Å². The number of carbonyl (C=O) groups is 3. The minimum absolute atomic E-state index is 0.0606. The van der Waals surface area contributed by atoms with Gasteiger partial charge >= 0.3 is 0 Å². The zero-order valence-corrected chi connectivity index (χ0v) is 26.7. The number of halogens is 1. The van der Waals surface area contributed by atoms with Gasteiger partial charge in [0.2, 0.25) is 11.8 Å². The predicted octanol–water partition coefficient (Wildman–Crippen LogP) is 4.89. The monoisotopic (exact) mass is 651 g/mol. The maximum absolute atomic E-state index is 14.8. The average molecular weight is 653 g/mol. The number of hydrogen-bond acceptors (Lipinski definition) is 5. The Labute approximate surface area is 260 Å². The van der Waals surface area contributed by atoms with Crippen molar-refractivity contribution >= 4 is 56.8 Å². The molecule has 9 heteroatoms. The highest BCUT2D eigenvalue weighted by molar-refractivity contribution is 9.09. The van der Waals surface area contributed by atoms with E-state index in [2.05, 4.69) is 29.1 Å². The molecular formula is C33H38BrN3O4S. The number of thioether (sulfide) groups is 1. The number of fused-ring (bicyclic) bond motifs is 1. The molecule has 7 atom stereocenters. The molecule has 42 heavy (non-hydrogen) atoms. The lowest BCUT2D eigenvalue weighted by molar-refractivity contribution is -0.141. The lowest BCUT2D eigenvalue weighted by atomic mass is 9.70. The van der Waals surface area contributed by atoms with Gasteiger partial charge in [-0.05, 0) is 50.5 Å². The van der Waals surface area contributed by atoms with Crippen LogP contribution in [0.15, 0.2) is 73.8 Å². The van der Waals surface area contributed by atoms with E-state index in [1.807, 2.05) is 62.4 Å². The minimum atomic E-state index is -0.853. The van der Waals surface area contributed by atoms with E-state index in [0.717, 1.165) is 22.5 Å². The summed E-state index contributed by atoms with van der Waals surface area (Å²) < 4.78 is -0.830. The van der Waals surface area contributed by atoms with Crippen LogP contribution in [-0.2, 0) is 14.4 Å². The lowest BCUT2D eigenvalue weighted by Gasteiger charge is -2.40. The van der Waals surface area contributed by atoms with Crippen molar-refractivity contribution in [2.24, 2.45) is 11.8 Å². The maximum Gasteiger partial charge on any atom is 0.251 e. The number of aliphatic hydroxyl groups is 1. The number of para-hydroxylation sites is 2. The van der Waals surface area contributed by atoms with Gasteiger partial charge in [0.1, 0.15) is 6.04 Å². The number of aliphatic hydroxyl groups excluding tert-OH is 1. The van der Waals surface area contributed by atoms with E-state index in [-0.39, 0.29) is 41.0 Å². The Morgan fingerprint density at radius 2 is 1.69 bits per heavy atom. The van der Waals surface area contributed by atoms with E-state index >= 15 is 0 Å². The summed E-state index contributed by atoms with van der Waals surface area (Å²) in [7, 11) is 0. The number of anilines is 2. The van der Waals surface area contributed by atoms with E-state index in [1.165, 1.54) is 0 Å². The molecule has 1 spiro atoms. The first-order valence-electron chi connectivity index (χ1n) is 14.3. The number of hydrogen-bond donors (Lipinski definition) is 1. The molecule has 3 aliphatic heterocycles. The van der Waals surface area contributed by atoms with E-state index < -0.39 is 28.7 Å². The number of benzene rings is 2. The Morgan fingerprint density at radius 3 is 2.29 bits per heavy atom. The van der Waals surface area contributed by atoms with Crippen molar-refractivity contribution in [1.29, 1.82) is 0 Å². The fourth-order valence-electron chi connectivity index (χ4n) is 7.23. The number of nitrogens with zero attached hydrogens (tertiary/aromatic N) is 3. The molecule has 2 aromatic rings. The third-order valence-electron chi connectivity index (χ3n) is 8.92. The second kappa shape index (κ2) is 12.0. The Balaban J connectivity index is 1.63. The van der Waals surface area contributed by atoms with Gasteiger partial charge in [0.15, 0.2) is 0 Å². The summed E-state index contributed by atoms with van der Waals surface area (Å²) in [5, 5.41) is 10.1. The Morgan fingerprint density at radius 1 is 1.07 bits per heavy atom. The van der Waals surface area contributed by atoms with Gasteiger partial charge in [0, 0.05) is 34.5 Å². The summed E-state index contributed by atoms with van der Waals surface area (Å²) in [6.45, 7) is 13.8. The van der Waals surface area contributed by atoms with Crippen LogP contribution in [-0.4, -0.2) is 74.3 Å². The van der Waals surface area contributed by atoms with Gasteiger partial charge in [-0.15, -0.1) is 24.9 Å². The van der Waals surface area contributed by atoms with Crippen molar-refractivity contribution in [3.05, 3.63) is 85.0 Å². The molecule has 3 amide bonds. The molecule has 5 rings (SSSR count). The van der Waals surface area contributed by atoms with Gasteiger partial charge in [-0.1, -0.05) is 64.5 Å². The number of alkyl halides is 1. The predicted molar refractivity (Wildman–Crippen MR) is 173 cm³/mol. The number of rotatable bonds is 10. The normalized spacial score (nSPS) is 28.4. The molecule has 3 unspecified atom stereocenters. The molecule has 3 saturated heterocycles. The summed E-state index contributed by atoms with van der Waals surface area (Å²) in [5.74, 6) is -1.94. The average Bonchev–Trinajstić information content (AvgIpc) is 3.58. The highest BCUT2D eigenvalue weighted by Gasteiger charge is 2.76. The number of likely N-dealkylation sites (tertiary alicyclic amines) is 1. The second-order valence-corrected chi connectivity index (χ2v) is 14.2. The van der Waals surface area contributed by atoms with Gasteiger partial charge in [0.05, 0.1) is 29.2 Å². The van der Waals surface area contributed by atoms with Gasteiger partial charge in [-0.25, -0.2) is 0 Å². The van der Waals surface area contributed by atoms with Crippen molar-refractivity contribution in [1.82, 2.24) is 4.90 Å². The molecule has 0 aromatic heterocycles. The molecule has 0 aliphatic carbocycles. The highest BCUT2D eigenvalue weighted by Crippen LogP contribution is 2.68. The second-order valence-electron chi connectivity index (χ2n) is 11.5. The number of amides is 3. The van der Waals surface area contributed by atoms with Gasteiger partial charge in [0.25, 0.3) is 5.91 Å². The maximum atomic E-state index is 14.8. The standard InChI is InChI=1S/C33H38BrN3O4S/c1-6-16-35(23-14-9-8-10-15-23)30(39)25-26-31(40)37(22(5)19-38)29(33(26)18-24(34)28(25)42-33)32(41)36(17-7-2)27-20(3)12-11-13-21(27)4/h6-15,22,24-26,28-29,38H,1-2,16-19H2,3-5H3/t22-,24?,25+,26+,28+,29?,33?/m1/s1. The molecule has 222 valence electrons. The summed E-state index contributed by atoms with van der Waals surface area (Å²) >= 11 is 5.45. The Hall–Kier alpha value is -2.88. The van der Waals surface area contributed by atoms with Crippen LogP contribution >= 0.6 is 27.7 Å². The summed E-state index contributed by atoms with van der Waals surface area (Å²) in [6.07, 6.45) is 3.95. The molecule has 2 aromatic carbocycles. The first-order valence-corrected chi connectivity index (χ1v) is 16.1. The van der Waals surface area contributed by atoms with Gasteiger partial charge < -0.3 is 19.8 Å². The molecule has 0 radical (unpaired) electrons. The van der Waals surface area contributed by atoms with E-state index in [4.69, 9.17) is 0 Å². The molecule has 3 fully saturated rings. The van der Waals surface area contributed by atoms with Gasteiger partial charge in [-0.2, -0.15) is 0 Å². The first kappa shape index (κ1) is 30.6. The highest BCUT2D eigenvalue weighted by atomic mass is 79.9. The number of carbonyl (C=O) groups excluding carboxylic acids is 3. The van der Waals surface area contributed by atoms with Crippen molar-refractivity contribution in [3.63, 3.8) is 0 Å². The van der Waals surface area contributed by atoms with Crippen LogP contribution in [0.2, 0.25) is 0 Å². The largest absolute Gasteiger partial charge is 0.394 e. The molecule has 1 N–H and O–H groups in total. The third kappa shape index (κ3) is 4.74. The van der Waals surface area contributed by atoms with Crippen LogP contribution in [0, 0.1) is 25.7 Å².